The summed E-state index contributed by atoms with van der Waals surface area (Å²) in [6.07, 6.45) is -4.80. The standard InChI is InChI=1S/C5H3F3IN3O2/c1-11-4(9)2(12(13)14)3(10-11)5(6,7)8/h1H3. The van der Waals surface area contributed by atoms with E-state index < -0.39 is 22.5 Å². The zero-order chi connectivity index (χ0) is 11.1. The predicted molar refractivity (Wildman–Crippen MR) is 47.6 cm³/mol. The van der Waals surface area contributed by atoms with Crippen LogP contribution >= 0.6 is 22.6 Å². The number of nitrogens with zero attached hydrogens (tertiary/aromatic N) is 3. The molecule has 0 fully saturated rings. The van der Waals surface area contributed by atoms with Crippen LogP contribution in [0.4, 0.5) is 18.9 Å². The monoisotopic (exact) mass is 321 g/mol. The molecule has 1 heterocycles. The van der Waals surface area contributed by atoms with Gasteiger partial charge in [-0.25, -0.2) is 0 Å². The molecule has 9 heteroatoms. The van der Waals surface area contributed by atoms with E-state index in [0.29, 0.717) is 0 Å². The molecule has 0 radical (unpaired) electrons. The van der Waals surface area contributed by atoms with Crippen molar-refractivity contribution < 1.29 is 18.1 Å². The summed E-state index contributed by atoms with van der Waals surface area (Å²) in [4.78, 5) is 9.26. The van der Waals surface area contributed by atoms with Gasteiger partial charge < -0.3 is 0 Å². The summed E-state index contributed by atoms with van der Waals surface area (Å²) in [6, 6.07) is 0. The van der Waals surface area contributed by atoms with E-state index in [0.717, 1.165) is 4.68 Å². The summed E-state index contributed by atoms with van der Waals surface area (Å²) < 4.78 is 37.3. The molecule has 0 spiro atoms. The van der Waals surface area contributed by atoms with Crippen molar-refractivity contribution in [1.29, 1.82) is 0 Å². The number of hydrogen-bond donors (Lipinski definition) is 0. The Balaban J connectivity index is 3.45. The molecule has 14 heavy (non-hydrogen) atoms. The minimum atomic E-state index is -4.80. The molecule has 1 aromatic rings. The fraction of sp³-hybridized carbons (Fsp3) is 0.400. The van der Waals surface area contributed by atoms with Gasteiger partial charge in [0.1, 0.15) is 0 Å². The lowest BCUT2D eigenvalue weighted by molar-refractivity contribution is -0.389. The van der Waals surface area contributed by atoms with Crippen molar-refractivity contribution in [3.05, 3.63) is 19.5 Å². The lowest BCUT2D eigenvalue weighted by Gasteiger charge is -1.99. The highest BCUT2D eigenvalue weighted by molar-refractivity contribution is 14.1. The predicted octanol–water partition coefficient (Wildman–Crippen LogP) is 1.95. The second-order valence-electron chi connectivity index (χ2n) is 2.37. The Morgan fingerprint density at radius 3 is 2.36 bits per heavy atom. The average molecular weight is 321 g/mol. The SMILES string of the molecule is Cn1nc(C(F)(F)F)c([N+](=O)[O-])c1I. The van der Waals surface area contributed by atoms with Crippen molar-refractivity contribution in [2.24, 2.45) is 7.05 Å². The number of aromatic nitrogens is 2. The van der Waals surface area contributed by atoms with Gasteiger partial charge in [-0.05, 0) is 22.6 Å². The van der Waals surface area contributed by atoms with Crippen LogP contribution in [-0.4, -0.2) is 14.7 Å². The molecular weight excluding hydrogens is 318 g/mol. The summed E-state index contributed by atoms with van der Waals surface area (Å²) >= 11 is 1.44. The minimum absolute atomic E-state index is 0.153. The Morgan fingerprint density at radius 1 is 1.57 bits per heavy atom. The fourth-order valence-corrected chi connectivity index (χ4v) is 1.41. The number of halogens is 4. The zero-order valence-corrected chi connectivity index (χ0v) is 8.83. The largest absolute Gasteiger partial charge is 0.442 e. The Morgan fingerprint density at radius 2 is 2.07 bits per heavy atom. The van der Waals surface area contributed by atoms with Gasteiger partial charge in [-0.1, -0.05) is 0 Å². The van der Waals surface area contributed by atoms with Gasteiger partial charge >= 0.3 is 11.9 Å². The second-order valence-corrected chi connectivity index (χ2v) is 3.39. The van der Waals surface area contributed by atoms with E-state index in [-0.39, 0.29) is 3.70 Å². The van der Waals surface area contributed by atoms with Crippen LogP contribution in [0.15, 0.2) is 0 Å². The summed E-state index contributed by atoms with van der Waals surface area (Å²) in [6.45, 7) is 0. The smallest absolute Gasteiger partial charge is 0.258 e. The Kier molecular flexibility index (Phi) is 2.69. The van der Waals surface area contributed by atoms with Crippen LogP contribution in [-0.2, 0) is 13.2 Å². The van der Waals surface area contributed by atoms with Crippen LogP contribution in [0.1, 0.15) is 5.69 Å². The highest BCUT2D eigenvalue weighted by Gasteiger charge is 2.44. The first-order chi connectivity index (χ1) is 6.25. The molecule has 1 rings (SSSR count). The van der Waals surface area contributed by atoms with Gasteiger partial charge in [0, 0.05) is 7.05 Å². The quantitative estimate of drug-likeness (QED) is 0.451. The van der Waals surface area contributed by atoms with E-state index in [2.05, 4.69) is 5.10 Å². The molecule has 0 saturated carbocycles. The maximum atomic E-state index is 12.2. The third-order valence-electron chi connectivity index (χ3n) is 1.40. The van der Waals surface area contributed by atoms with E-state index in [1.165, 1.54) is 29.6 Å². The first-order valence-electron chi connectivity index (χ1n) is 3.19. The number of hydrogen-bond acceptors (Lipinski definition) is 3. The number of rotatable bonds is 1. The molecular formula is C5H3F3IN3O2. The van der Waals surface area contributed by atoms with Crippen LogP contribution in [0.5, 0.6) is 0 Å². The lowest BCUT2D eigenvalue weighted by atomic mass is 10.4. The molecule has 0 aliphatic carbocycles. The van der Waals surface area contributed by atoms with Gasteiger partial charge in [-0.2, -0.15) is 18.3 Å². The first kappa shape index (κ1) is 11.2. The molecule has 1 aromatic heterocycles. The molecule has 78 valence electrons. The third kappa shape index (κ3) is 1.81. The molecule has 5 nitrogen and oxygen atoms in total. The fourth-order valence-electron chi connectivity index (χ4n) is 0.845. The normalized spacial score (nSPS) is 11.8. The summed E-state index contributed by atoms with van der Waals surface area (Å²) in [7, 11) is 1.21. The molecule has 0 atom stereocenters. The van der Waals surface area contributed by atoms with Gasteiger partial charge in [0.25, 0.3) is 0 Å². The molecule has 0 aromatic carbocycles. The molecule has 0 aliphatic heterocycles. The van der Waals surface area contributed by atoms with Gasteiger partial charge in [0.05, 0.1) is 4.92 Å². The summed E-state index contributed by atoms with van der Waals surface area (Å²) in [5.74, 6) is 0. The Labute approximate surface area is 89.2 Å². The second kappa shape index (κ2) is 3.37. The molecule has 0 amide bonds. The van der Waals surface area contributed by atoms with Crippen molar-refractivity contribution in [2.45, 2.75) is 6.18 Å². The van der Waals surface area contributed by atoms with Gasteiger partial charge in [-0.15, -0.1) is 0 Å². The maximum absolute atomic E-state index is 12.2. The number of nitro groups is 1. The van der Waals surface area contributed by atoms with Crippen LogP contribution in [0.3, 0.4) is 0 Å². The molecule has 0 N–H and O–H groups in total. The maximum Gasteiger partial charge on any atom is 0.442 e. The van der Waals surface area contributed by atoms with Gasteiger partial charge in [0.15, 0.2) is 3.70 Å². The zero-order valence-electron chi connectivity index (χ0n) is 6.67. The van der Waals surface area contributed by atoms with Crippen molar-refractivity contribution in [2.75, 3.05) is 0 Å². The number of alkyl halides is 3. The van der Waals surface area contributed by atoms with Gasteiger partial charge in [0.2, 0.25) is 5.69 Å². The van der Waals surface area contributed by atoms with E-state index in [1.54, 1.807) is 0 Å². The summed E-state index contributed by atoms with van der Waals surface area (Å²) in [5.41, 5.74) is -2.46. The number of aryl methyl sites for hydroxylation is 1. The van der Waals surface area contributed by atoms with Crippen LogP contribution in [0.25, 0.3) is 0 Å². The topological polar surface area (TPSA) is 61.0 Å². The van der Waals surface area contributed by atoms with E-state index in [9.17, 15) is 23.3 Å². The highest BCUT2D eigenvalue weighted by atomic mass is 127. The van der Waals surface area contributed by atoms with Crippen molar-refractivity contribution in [3.63, 3.8) is 0 Å². The van der Waals surface area contributed by atoms with Crippen molar-refractivity contribution in [1.82, 2.24) is 9.78 Å². The average Bonchev–Trinajstić information content (AvgIpc) is 2.27. The Hall–Kier alpha value is -0.870. The molecule has 0 bridgehead atoms. The van der Waals surface area contributed by atoms with E-state index >= 15 is 0 Å². The minimum Gasteiger partial charge on any atom is -0.258 e. The molecule has 0 unspecified atom stereocenters. The van der Waals surface area contributed by atoms with Gasteiger partial charge in [-0.3, -0.25) is 14.8 Å². The van der Waals surface area contributed by atoms with Crippen LogP contribution in [0.2, 0.25) is 0 Å². The van der Waals surface area contributed by atoms with E-state index in [1.807, 2.05) is 0 Å². The molecule has 0 saturated heterocycles. The lowest BCUT2D eigenvalue weighted by Crippen LogP contribution is -2.09. The van der Waals surface area contributed by atoms with Crippen molar-refractivity contribution in [3.8, 4) is 0 Å². The Bertz CT molecular complexity index is 386. The molecule has 0 aliphatic rings. The van der Waals surface area contributed by atoms with E-state index in [4.69, 9.17) is 0 Å². The summed E-state index contributed by atoms with van der Waals surface area (Å²) in [5, 5.41) is 13.4. The van der Waals surface area contributed by atoms with Crippen molar-refractivity contribution >= 4 is 28.3 Å². The third-order valence-corrected chi connectivity index (χ3v) is 2.61. The van der Waals surface area contributed by atoms with Crippen LogP contribution in [0, 0.1) is 13.8 Å². The first-order valence-corrected chi connectivity index (χ1v) is 4.27. The highest BCUT2D eigenvalue weighted by Crippen LogP contribution is 2.37. The van der Waals surface area contributed by atoms with Crippen LogP contribution < -0.4 is 0 Å².